The first kappa shape index (κ1) is 35.8. The van der Waals surface area contributed by atoms with Crippen molar-refractivity contribution in [2.45, 2.75) is 57.9 Å². The maximum absolute atomic E-state index is 13.9. The van der Waals surface area contributed by atoms with Crippen LogP contribution in [0.4, 0.5) is 32.6 Å². The number of alkyl halides is 5. The molecule has 0 aliphatic carbocycles. The van der Waals surface area contributed by atoms with Gasteiger partial charge < -0.3 is 19.7 Å². The van der Waals surface area contributed by atoms with Crippen LogP contribution in [0.25, 0.3) is 11.3 Å². The van der Waals surface area contributed by atoms with Gasteiger partial charge in [0, 0.05) is 56.5 Å². The highest BCUT2D eigenvalue weighted by molar-refractivity contribution is 5.94. The monoisotopic (exact) mass is 675 g/mol. The smallest absolute Gasteiger partial charge is 0.419 e. The number of pyridine rings is 2. The number of ether oxygens (including phenoxy) is 2. The standard InChI is InChI=1S/C33H34F5N5O5/c1-31(2,3)48-30(46)42-27-11-6-21(18-40-27)19-41-28(44)5-4-16-47-26-10-8-22(17-24(26)33(36,37)38)25-9-7-23(20-39-25)29(45)43-14-12-32(34,35)13-15-43/h4-11,17-18,20H,12-16,19H2,1-3H3,(H,41,44)(H,40,42,46). The molecule has 1 fully saturated rings. The minimum absolute atomic E-state index is 0.101. The molecule has 1 aliphatic heterocycles. The first-order valence-corrected chi connectivity index (χ1v) is 14.9. The summed E-state index contributed by atoms with van der Waals surface area (Å²) in [6.45, 7) is 4.74. The molecule has 0 unspecified atom stereocenters. The maximum atomic E-state index is 13.9. The Hall–Kier alpha value is -5.08. The zero-order valence-electron chi connectivity index (χ0n) is 26.4. The minimum atomic E-state index is -4.77. The van der Waals surface area contributed by atoms with Gasteiger partial charge >= 0.3 is 12.3 Å². The molecule has 1 aliphatic rings. The minimum Gasteiger partial charge on any atom is -0.489 e. The Labute approximate surface area is 273 Å². The van der Waals surface area contributed by atoms with E-state index in [0.717, 1.165) is 18.2 Å². The fourth-order valence-electron chi connectivity index (χ4n) is 4.50. The van der Waals surface area contributed by atoms with Crippen molar-refractivity contribution < 1.29 is 45.8 Å². The summed E-state index contributed by atoms with van der Waals surface area (Å²) in [7, 11) is 0. The number of rotatable bonds is 9. The molecule has 48 heavy (non-hydrogen) atoms. The van der Waals surface area contributed by atoms with Crippen molar-refractivity contribution in [3.8, 4) is 17.0 Å². The van der Waals surface area contributed by atoms with Crippen molar-refractivity contribution in [3.63, 3.8) is 0 Å². The number of carbonyl (C=O) groups excluding carboxylic acids is 3. The van der Waals surface area contributed by atoms with Gasteiger partial charge in [0.25, 0.3) is 11.8 Å². The second-order valence-electron chi connectivity index (χ2n) is 11.9. The van der Waals surface area contributed by atoms with E-state index < -0.39 is 59.8 Å². The van der Waals surface area contributed by atoms with Gasteiger partial charge in [-0.2, -0.15) is 13.2 Å². The van der Waals surface area contributed by atoms with Crippen LogP contribution >= 0.6 is 0 Å². The predicted octanol–water partition coefficient (Wildman–Crippen LogP) is 6.63. The van der Waals surface area contributed by atoms with Crippen LogP contribution in [0.3, 0.4) is 0 Å². The number of anilines is 1. The molecular weight excluding hydrogens is 641 g/mol. The van der Waals surface area contributed by atoms with Gasteiger partial charge in [-0.25, -0.2) is 18.6 Å². The van der Waals surface area contributed by atoms with E-state index >= 15 is 0 Å². The lowest BCUT2D eigenvalue weighted by molar-refractivity contribution is -0.138. The SMILES string of the molecule is CC(C)(C)OC(=O)Nc1ccc(CNC(=O)C=CCOc2ccc(-c3ccc(C(=O)N4CCC(F)(F)CC4)cn3)cc2C(F)(F)F)cn1. The zero-order valence-corrected chi connectivity index (χ0v) is 26.4. The third-order valence-corrected chi connectivity index (χ3v) is 6.90. The highest BCUT2D eigenvalue weighted by Crippen LogP contribution is 2.38. The summed E-state index contributed by atoms with van der Waals surface area (Å²) < 4.78 is 79.0. The van der Waals surface area contributed by atoms with Crippen LogP contribution < -0.4 is 15.4 Å². The first-order valence-electron chi connectivity index (χ1n) is 14.9. The summed E-state index contributed by atoms with van der Waals surface area (Å²) in [6, 6.07) is 9.32. The van der Waals surface area contributed by atoms with Crippen LogP contribution in [0.15, 0.2) is 67.0 Å². The molecule has 1 aromatic carbocycles. The van der Waals surface area contributed by atoms with Crippen LogP contribution in [-0.2, 0) is 22.3 Å². The number of amides is 3. The fourth-order valence-corrected chi connectivity index (χ4v) is 4.50. The Balaban J connectivity index is 1.29. The molecule has 1 saturated heterocycles. The third kappa shape index (κ3) is 10.5. The second kappa shape index (κ2) is 14.8. The molecule has 0 atom stereocenters. The average Bonchev–Trinajstić information content (AvgIpc) is 3.01. The predicted molar refractivity (Wildman–Crippen MR) is 165 cm³/mol. The van der Waals surface area contributed by atoms with Crippen molar-refractivity contribution in [2.24, 2.45) is 0 Å². The van der Waals surface area contributed by atoms with E-state index in [1.807, 2.05) is 0 Å². The van der Waals surface area contributed by atoms with Gasteiger partial charge in [0.1, 0.15) is 23.8 Å². The van der Waals surface area contributed by atoms with Gasteiger partial charge in [0.05, 0.1) is 16.8 Å². The second-order valence-corrected chi connectivity index (χ2v) is 11.9. The molecule has 2 N–H and O–H groups in total. The van der Waals surface area contributed by atoms with Crippen molar-refractivity contribution in [3.05, 3.63) is 83.7 Å². The molecule has 3 aromatic rings. The Morgan fingerprint density at radius 1 is 0.979 bits per heavy atom. The number of aromatic nitrogens is 2. The molecule has 0 spiro atoms. The van der Waals surface area contributed by atoms with Crippen molar-refractivity contribution in [1.29, 1.82) is 0 Å². The molecule has 3 amide bonds. The number of nitrogens with one attached hydrogen (secondary N) is 2. The summed E-state index contributed by atoms with van der Waals surface area (Å²) >= 11 is 0. The van der Waals surface area contributed by atoms with Crippen LogP contribution in [0.5, 0.6) is 5.75 Å². The van der Waals surface area contributed by atoms with Crippen molar-refractivity contribution in [2.75, 3.05) is 25.0 Å². The Kier molecular flexibility index (Phi) is 11.0. The van der Waals surface area contributed by atoms with Crippen LogP contribution in [0.1, 0.15) is 55.1 Å². The number of halogens is 5. The van der Waals surface area contributed by atoms with Gasteiger partial charge in [0.2, 0.25) is 5.91 Å². The summed E-state index contributed by atoms with van der Waals surface area (Å²) in [5.41, 5.74) is -0.691. The van der Waals surface area contributed by atoms with E-state index in [0.29, 0.717) is 5.56 Å². The van der Waals surface area contributed by atoms with Gasteiger partial charge in [0.15, 0.2) is 0 Å². The number of piperidine rings is 1. The number of likely N-dealkylation sites (tertiary alicyclic amines) is 1. The molecule has 3 heterocycles. The number of benzene rings is 1. The Morgan fingerprint density at radius 3 is 2.31 bits per heavy atom. The van der Waals surface area contributed by atoms with E-state index in [9.17, 15) is 36.3 Å². The number of nitrogens with zero attached hydrogens (tertiary/aromatic N) is 3. The summed E-state index contributed by atoms with van der Waals surface area (Å²) in [6.07, 6.45) is -1.27. The molecule has 0 radical (unpaired) electrons. The van der Waals surface area contributed by atoms with E-state index in [1.54, 1.807) is 26.8 Å². The topological polar surface area (TPSA) is 123 Å². The molecule has 0 bridgehead atoms. The van der Waals surface area contributed by atoms with Crippen LogP contribution in [-0.4, -0.2) is 64.0 Å². The molecule has 10 nitrogen and oxygen atoms in total. The first-order chi connectivity index (χ1) is 22.5. The molecule has 15 heteroatoms. The van der Waals surface area contributed by atoms with Crippen molar-refractivity contribution >= 4 is 23.7 Å². The zero-order chi connectivity index (χ0) is 35.1. The average molecular weight is 676 g/mol. The molecule has 256 valence electrons. The normalized spacial score (nSPS) is 14.8. The molecule has 0 saturated carbocycles. The van der Waals surface area contributed by atoms with Crippen molar-refractivity contribution in [1.82, 2.24) is 20.2 Å². The van der Waals surface area contributed by atoms with E-state index in [4.69, 9.17) is 9.47 Å². The molecular formula is C33H34F5N5O5. The van der Waals surface area contributed by atoms with Gasteiger partial charge in [-0.15, -0.1) is 0 Å². The molecule has 4 rings (SSSR count). The number of hydrogen-bond donors (Lipinski definition) is 2. The fraction of sp³-hybridized carbons (Fsp3) is 0.364. The maximum Gasteiger partial charge on any atom is 0.419 e. The van der Waals surface area contributed by atoms with E-state index in [1.165, 1.54) is 47.6 Å². The largest absolute Gasteiger partial charge is 0.489 e. The van der Waals surface area contributed by atoms with Gasteiger partial charge in [-0.05, 0) is 68.8 Å². The lowest BCUT2D eigenvalue weighted by atomic mass is 10.0. The summed E-state index contributed by atoms with van der Waals surface area (Å²) in [5.74, 6) is -4.01. The quantitative estimate of drug-likeness (QED) is 0.193. The lowest BCUT2D eigenvalue weighted by Crippen LogP contribution is -2.42. The molecule has 2 aromatic heterocycles. The van der Waals surface area contributed by atoms with Crippen LogP contribution in [0, 0.1) is 0 Å². The number of carbonyl (C=O) groups is 3. The lowest BCUT2D eigenvalue weighted by Gasteiger charge is -2.31. The van der Waals surface area contributed by atoms with Gasteiger partial charge in [-0.1, -0.05) is 6.07 Å². The highest BCUT2D eigenvalue weighted by Gasteiger charge is 2.36. The highest BCUT2D eigenvalue weighted by atomic mass is 19.4. The summed E-state index contributed by atoms with van der Waals surface area (Å²) in [4.78, 5) is 46.2. The van der Waals surface area contributed by atoms with E-state index in [-0.39, 0.29) is 48.9 Å². The Morgan fingerprint density at radius 2 is 1.71 bits per heavy atom. The third-order valence-electron chi connectivity index (χ3n) is 6.90. The summed E-state index contributed by atoms with van der Waals surface area (Å²) in [5, 5.41) is 5.10. The van der Waals surface area contributed by atoms with Gasteiger partial charge in [-0.3, -0.25) is 19.9 Å². The number of hydrogen-bond acceptors (Lipinski definition) is 7. The Bertz CT molecular complexity index is 1630. The van der Waals surface area contributed by atoms with Crippen LogP contribution in [0.2, 0.25) is 0 Å². The van der Waals surface area contributed by atoms with E-state index in [2.05, 4.69) is 20.6 Å².